The van der Waals surface area contributed by atoms with Gasteiger partial charge in [-0.05, 0) is 32.1 Å². The third-order valence-electron chi connectivity index (χ3n) is 5.56. The van der Waals surface area contributed by atoms with E-state index in [-0.39, 0.29) is 48.4 Å². The van der Waals surface area contributed by atoms with Gasteiger partial charge in [-0.15, -0.1) is 0 Å². The van der Waals surface area contributed by atoms with Gasteiger partial charge in [-0.3, -0.25) is 4.57 Å². The van der Waals surface area contributed by atoms with Crippen molar-refractivity contribution >= 4 is 28.7 Å². The number of hydrogen-bond donors (Lipinski definition) is 3. The summed E-state index contributed by atoms with van der Waals surface area (Å²) in [7, 11) is 0. The Morgan fingerprint density at radius 3 is 2.59 bits per heavy atom. The largest absolute Gasteiger partial charge is 0.393 e. The van der Waals surface area contributed by atoms with Gasteiger partial charge < -0.3 is 20.5 Å². The second kappa shape index (κ2) is 8.55. The van der Waals surface area contributed by atoms with Crippen LogP contribution in [0.25, 0.3) is 11.2 Å². The van der Waals surface area contributed by atoms with E-state index in [9.17, 15) is 18.3 Å². The molecule has 1 unspecified atom stereocenters. The number of fused-ring (bicyclic) bond motifs is 1. The number of halogens is 3. The zero-order chi connectivity index (χ0) is 25.0. The first-order valence-electron chi connectivity index (χ1n) is 11.8. The summed E-state index contributed by atoms with van der Waals surface area (Å²) in [6, 6.07) is -1.08. The molecule has 3 heterocycles. The van der Waals surface area contributed by atoms with E-state index < -0.39 is 35.5 Å². The lowest BCUT2D eigenvalue weighted by atomic mass is 9.93. The van der Waals surface area contributed by atoms with Crippen LogP contribution in [0.2, 0.25) is 0 Å². The van der Waals surface area contributed by atoms with Gasteiger partial charge in [-0.25, -0.2) is 23.1 Å². The number of ether oxygens (including phenoxy) is 1. The molecule has 2 fully saturated rings. The number of imidazole rings is 1. The van der Waals surface area contributed by atoms with E-state index >= 15 is 0 Å². The summed E-state index contributed by atoms with van der Waals surface area (Å²) in [6.07, 6.45) is 1.49. The standard InChI is InChI=1S/C21H23F3N6O2/c22-11-7-15(23)18(16(24)8-11)28-21-27-17-9-25-20(26-12-1-3-14(31)4-2-12)29-19(17)30(21)13-5-6-32-10-13/h7-9,12-14,31H,1-6,10H2,(H,27,28)(H,25,26,29)/i5D2,13D. The summed E-state index contributed by atoms with van der Waals surface area (Å²) >= 11 is 0. The molecular formula is C21H23F3N6O2. The van der Waals surface area contributed by atoms with Crippen molar-refractivity contribution in [3.63, 3.8) is 0 Å². The number of aliphatic hydroxyl groups excluding tert-OH is 1. The molecule has 1 aromatic carbocycles. The van der Waals surface area contributed by atoms with E-state index in [4.69, 9.17) is 8.85 Å². The second-order valence-corrected chi connectivity index (χ2v) is 7.81. The summed E-state index contributed by atoms with van der Waals surface area (Å²) in [6.45, 7) is -0.753. The molecule has 5 rings (SSSR count). The van der Waals surface area contributed by atoms with Crippen molar-refractivity contribution in [1.29, 1.82) is 0 Å². The lowest BCUT2D eigenvalue weighted by molar-refractivity contribution is 0.126. The number of hydrogen-bond acceptors (Lipinski definition) is 7. The number of rotatable bonds is 5. The minimum absolute atomic E-state index is 0.0124. The van der Waals surface area contributed by atoms with Gasteiger partial charge in [0, 0.05) is 27.5 Å². The van der Waals surface area contributed by atoms with Gasteiger partial charge in [0.05, 0.1) is 26.3 Å². The van der Waals surface area contributed by atoms with Crippen molar-refractivity contribution in [2.24, 2.45) is 0 Å². The van der Waals surface area contributed by atoms with E-state index in [1.165, 1.54) is 6.20 Å². The molecule has 0 bridgehead atoms. The molecule has 8 nitrogen and oxygen atoms in total. The molecule has 1 saturated heterocycles. The topological polar surface area (TPSA) is 97.1 Å². The first kappa shape index (κ1) is 17.6. The van der Waals surface area contributed by atoms with Crippen LogP contribution in [0.3, 0.4) is 0 Å². The van der Waals surface area contributed by atoms with Crippen LogP contribution in [-0.2, 0) is 4.74 Å². The van der Waals surface area contributed by atoms with Gasteiger partial charge in [-0.1, -0.05) is 0 Å². The van der Waals surface area contributed by atoms with Crippen LogP contribution in [-0.4, -0.2) is 50.0 Å². The fraction of sp³-hybridized carbons (Fsp3) is 0.476. The zero-order valence-corrected chi connectivity index (χ0v) is 16.9. The van der Waals surface area contributed by atoms with Gasteiger partial charge >= 0.3 is 0 Å². The van der Waals surface area contributed by atoms with E-state index in [1.54, 1.807) is 0 Å². The first-order valence-corrected chi connectivity index (χ1v) is 10.3. The van der Waals surface area contributed by atoms with Crippen molar-refractivity contribution in [3.05, 3.63) is 35.8 Å². The summed E-state index contributed by atoms with van der Waals surface area (Å²) in [5, 5.41) is 15.4. The molecule has 1 aliphatic heterocycles. The number of aromatic nitrogens is 4. The SMILES string of the molecule is [2H]C1([2H])COCC1([2H])n1c(Nc2c(F)cc(F)cc2F)nc2cnc(NC3CCC(O)CC3)nc21. The minimum Gasteiger partial charge on any atom is -0.393 e. The number of nitrogens with one attached hydrogen (secondary N) is 2. The Bertz CT molecular complexity index is 1250. The Balaban J connectivity index is 1.60. The van der Waals surface area contributed by atoms with Gasteiger partial charge in [0.25, 0.3) is 0 Å². The molecule has 0 amide bonds. The van der Waals surface area contributed by atoms with Gasteiger partial charge in [0.15, 0.2) is 17.3 Å². The fourth-order valence-corrected chi connectivity index (χ4v) is 3.94. The van der Waals surface area contributed by atoms with E-state index in [2.05, 4.69) is 25.6 Å². The number of nitrogens with zero attached hydrogens (tertiary/aromatic N) is 4. The maximum absolute atomic E-state index is 14.4. The average Bonchev–Trinajstić information content (AvgIpc) is 3.28. The third-order valence-corrected chi connectivity index (χ3v) is 5.56. The van der Waals surface area contributed by atoms with Crippen molar-refractivity contribution in [2.75, 3.05) is 23.8 Å². The summed E-state index contributed by atoms with van der Waals surface area (Å²) < 4.78 is 74.2. The molecular weight excluding hydrogens is 425 g/mol. The minimum atomic E-state index is -2.20. The molecule has 3 aromatic rings. The van der Waals surface area contributed by atoms with Gasteiger partial charge in [-0.2, -0.15) is 4.98 Å². The maximum Gasteiger partial charge on any atom is 0.224 e. The number of aliphatic hydroxyl groups is 1. The normalized spacial score (nSPS) is 28.8. The molecule has 1 saturated carbocycles. The Labute approximate surface area is 186 Å². The molecule has 1 aliphatic carbocycles. The molecule has 2 aromatic heterocycles. The maximum atomic E-state index is 14.4. The van der Waals surface area contributed by atoms with E-state index in [0.717, 1.165) is 4.57 Å². The van der Waals surface area contributed by atoms with Crippen LogP contribution < -0.4 is 10.6 Å². The van der Waals surface area contributed by atoms with Crippen molar-refractivity contribution in [2.45, 2.75) is 50.2 Å². The molecule has 0 radical (unpaired) electrons. The van der Waals surface area contributed by atoms with Crippen LogP contribution in [0, 0.1) is 17.5 Å². The molecule has 170 valence electrons. The molecule has 2 aliphatic rings. The molecule has 32 heavy (non-hydrogen) atoms. The summed E-state index contributed by atoms with van der Waals surface area (Å²) in [5.41, 5.74) is -0.513. The molecule has 11 heteroatoms. The number of benzene rings is 1. The molecule has 0 spiro atoms. The van der Waals surface area contributed by atoms with E-state index in [0.29, 0.717) is 37.8 Å². The first-order chi connectivity index (χ1) is 16.6. The lowest BCUT2D eigenvalue weighted by Crippen LogP contribution is -2.29. The fourth-order valence-electron chi connectivity index (χ4n) is 3.94. The van der Waals surface area contributed by atoms with Gasteiger partial charge in [0.1, 0.15) is 17.0 Å². The van der Waals surface area contributed by atoms with Crippen molar-refractivity contribution in [3.8, 4) is 0 Å². The quantitative estimate of drug-likeness (QED) is 0.545. The number of anilines is 3. The highest BCUT2D eigenvalue weighted by atomic mass is 19.1. The third kappa shape index (κ3) is 4.09. The highest BCUT2D eigenvalue weighted by Crippen LogP contribution is 2.32. The Hall–Kier alpha value is -2.92. The zero-order valence-electron chi connectivity index (χ0n) is 19.9. The molecule has 1 atom stereocenters. The Morgan fingerprint density at radius 1 is 1.16 bits per heavy atom. The van der Waals surface area contributed by atoms with Crippen molar-refractivity contribution < 1.29 is 27.1 Å². The smallest absolute Gasteiger partial charge is 0.224 e. The summed E-state index contributed by atoms with van der Waals surface area (Å²) in [5.74, 6) is -3.62. The lowest BCUT2D eigenvalue weighted by Gasteiger charge is -2.26. The van der Waals surface area contributed by atoms with Gasteiger partial charge in [0.2, 0.25) is 11.9 Å². The van der Waals surface area contributed by atoms with Crippen LogP contribution >= 0.6 is 0 Å². The Kier molecular flexibility index (Phi) is 4.71. The molecule has 3 N–H and O–H groups in total. The van der Waals surface area contributed by atoms with Crippen LogP contribution in [0.4, 0.5) is 30.8 Å². The van der Waals surface area contributed by atoms with Crippen LogP contribution in [0.5, 0.6) is 0 Å². The van der Waals surface area contributed by atoms with Crippen molar-refractivity contribution in [1.82, 2.24) is 19.5 Å². The highest BCUT2D eigenvalue weighted by Gasteiger charge is 2.27. The monoisotopic (exact) mass is 451 g/mol. The summed E-state index contributed by atoms with van der Waals surface area (Å²) in [4.78, 5) is 13.0. The van der Waals surface area contributed by atoms with E-state index in [1.807, 2.05) is 0 Å². The van der Waals surface area contributed by atoms with Crippen LogP contribution in [0.15, 0.2) is 18.3 Å². The predicted molar refractivity (Wildman–Crippen MR) is 111 cm³/mol. The highest BCUT2D eigenvalue weighted by molar-refractivity contribution is 5.76. The Morgan fingerprint density at radius 2 is 1.91 bits per heavy atom. The predicted octanol–water partition coefficient (Wildman–Crippen LogP) is 3.66. The average molecular weight is 451 g/mol. The second-order valence-electron chi connectivity index (χ2n) is 7.81. The van der Waals surface area contributed by atoms with Crippen LogP contribution in [0.1, 0.15) is 42.2 Å².